The second kappa shape index (κ2) is 67.3. The topological polar surface area (TPSA) is 85.5 Å². The molecule has 0 unspecified atom stereocenters. The van der Waals surface area contributed by atoms with E-state index in [0.29, 0.717) is 0 Å². The van der Waals surface area contributed by atoms with Crippen LogP contribution < -0.4 is 18.9 Å². The van der Waals surface area contributed by atoms with E-state index in [1.807, 2.05) is 0 Å². The van der Waals surface area contributed by atoms with Crippen LogP contribution in [0.4, 0.5) is 0 Å². The minimum absolute atomic E-state index is 0. The predicted octanol–water partition coefficient (Wildman–Crippen LogP) is -3.74. The Bertz CT molecular complexity index is 10.8. The fourth-order valence-corrected chi connectivity index (χ4v) is 0. The molecule has 0 saturated carbocycles. The third kappa shape index (κ3) is 39.6. The van der Waals surface area contributed by atoms with Crippen molar-refractivity contribution in [2.75, 3.05) is 0 Å². The van der Waals surface area contributed by atoms with Crippen LogP contribution in [0, 0.1) is 0 Å². The molecule has 0 aromatic heterocycles. The Morgan fingerprint density at radius 1 is 0.667 bits per heavy atom. The Morgan fingerprint density at radius 2 is 0.667 bits per heavy atom. The van der Waals surface area contributed by atoms with Crippen LogP contribution in [0.5, 0.6) is 0 Å². The molecule has 6 heteroatoms. The van der Waals surface area contributed by atoms with Gasteiger partial charge in [-0.05, 0) is 0 Å². The Kier molecular flexibility index (Phi) is 1180. The third-order valence-corrected chi connectivity index (χ3v) is 0. The first kappa shape index (κ1) is 106. The van der Waals surface area contributed by atoms with Crippen LogP contribution in [0.25, 0.3) is 0 Å². The van der Waals surface area contributed by atoms with Crippen molar-refractivity contribution in [2.45, 2.75) is 0 Å². The summed E-state index contributed by atoms with van der Waals surface area (Å²) in [6.45, 7) is 0. The van der Waals surface area contributed by atoms with Crippen molar-refractivity contribution in [1.82, 2.24) is 0 Å². The fourth-order valence-electron chi connectivity index (χ4n) is 0. The van der Waals surface area contributed by atoms with Gasteiger partial charge in [-0.1, -0.05) is 0 Å². The molecule has 31 valence electrons. The smallest absolute Gasteiger partial charge is 2.00 e. The first-order chi connectivity index (χ1) is 0. The van der Waals surface area contributed by atoms with E-state index in [2.05, 4.69) is 0 Å². The maximum atomic E-state index is 0. The SMILES string of the molecule is [Bi+3].[Li+].[Mn+2].[O-2].[O-2].[O-2]. The molecule has 0 aromatic rings. The van der Waals surface area contributed by atoms with E-state index in [4.69, 9.17) is 0 Å². The van der Waals surface area contributed by atoms with Crippen molar-refractivity contribution >= 4 is 26.2 Å². The predicted molar refractivity (Wildman–Crippen MR) is 7.81 cm³/mol. The Balaban J connectivity index is 0. The first-order valence-electron chi connectivity index (χ1n) is 0. The Hall–Kier alpha value is 1.88. The van der Waals surface area contributed by atoms with E-state index in [1.165, 1.54) is 0 Å². The van der Waals surface area contributed by atoms with Gasteiger partial charge in [0, 0.05) is 0 Å². The quantitative estimate of drug-likeness (QED) is 0.411. The molecule has 0 atom stereocenters. The number of hydrogen-bond donors (Lipinski definition) is 0. The zero-order valence-electron chi connectivity index (χ0n) is 3.05. The van der Waals surface area contributed by atoms with E-state index >= 15 is 0 Å². The summed E-state index contributed by atoms with van der Waals surface area (Å²) in [5.74, 6) is 0. The van der Waals surface area contributed by atoms with Crippen LogP contribution in [-0.4, -0.2) is 26.2 Å². The van der Waals surface area contributed by atoms with Gasteiger partial charge in [0.1, 0.15) is 0 Å². The fraction of sp³-hybridized carbons (Fsp3) is 0. The Morgan fingerprint density at radius 3 is 0.667 bits per heavy atom. The van der Waals surface area contributed by atoms with Crippen molar-refractivity contribution in [3.8, 4) is 0 Å². The van der Waals surface area contributed by atoms with Crippen molar-refractivity contribution in [2.24, 2.45) is 0 Å². The molecule has 0 rings (SSSR count). The molecule has 0 aliphatic rings. The van der Waals surface area contributed by atoms with Crippen LogP contribution in [0.3, 0.4) is 0 Å². The van der Waals surface area contributed by atoms with Gasteiger partial charge in [0.2, 0.25) is 0 Å². The molecule has 3 radical (unpaired) electrons. The van der Waals surface area contributed by atoms with Crippen molar-refractivity contribution < 1.29 is 52.4 Å². The maximum absolute atomic E-state index is 0. The monoisotopic (exact) mass is 319 g/mol. The molecule has 0 fully saturated rings. The average Bonchev–Trinajstić information content (AvgIpc) is 0. The van der Waals surface area contributed by atoms with Gasteiger partial charge in [-0.25, -0.2) is 0 Å². The average molecular weight is 319 g/mol. The standard InChI is InChI=1S/Bi.Li.Mn.3O/q+3;+1;+2;3*-2. The molecule has 6 heavy (non-hydrogen) atoms. The molecule has 0 heterocycles. The zero-order valence-corrected chi connectivity index (χ0v) is 7.71. The van der Waals surface area contributed by atoms with Crippen molar-refractivity contribution in [3.63, 3.8) is 0 Å². The zero-order chi connectivity index (χ0) is 0. The summed E-state index contributed by atoms with van der Waals surface area (Å²) in [5, 5.41) is 0. The molecule has 0 bridgehead atoms. The molecule has 0 aliphatic carbocycles. The summed E-state index contributed by atoms with van der Waals surface area (Å²) in [4.78, 5) is 0. The van der Waals surface area contributed by atoms with Gasteiger partial charge in [0.15, 0.2) is 0 Å². The number of rotatable bonds is 0. The molecule has 0 spiro atoms. The van der Waals surface area contributed by atoms with Gasteiger partial charge in [0.05, 0.1) is 0 Å². The summed E-state index contributed by atoms with van der Waals surface area (Å²) < 4.78 is 0. The third-order valence-electron chi connectivity index (χ3n) is 0. The van der Waals surface area contributed by atoms with Gasteiger partial charge in [-0.3, -0.25) is 0 Å². The minimum atomic E-state index is 0. The number of hydrogen-bond acceptors (Lipinski definition) is 0. The normalized spacial score (nSPS) is 0. The van der Waals surface area contributed by atoms with Gasteiger partial charge in [-0.15, -0.1) is 0 Å². The van der Waals surface area contributed by atoms with Gasteiger partial charge in [-0.2, -0.15) is 0 Å². The van der Waals surface area contributed by atoms with Gasteiger partial charge in [0.25, 0.3) is 0 Å². The van der Waals surface area contributed by atoms with Crippen molar-refractivity contribution in [3.05, 3.63) is 0 Å². The van der Waals surface area contributed by atoms with Gasteiger partial charge >= 0.3 is 62.1 Å². The molecule has 0 saturated heterocycles. The molecule has 0 amide bonds. The molecule has 0 aromatic carbocycles. The largest absolute Gasteiger partial charge is 3.00 e. The van der Waals surface area contributed by atoms with E-state index in [9.17, 15) is 0 Å². The molecule has 0 aliphatic heterocycles. The van der Waals surface area contributed by atoms with Crippen LogP contribution >= 0.6 is 0 Å². The summed E-state index contributed by atoms with van der Waals surface area (Å²) in [7, 11) is 0. The molecular weight excluding hydrogens is 319 g/mol. The van der Waals surface area contributed by atoms with E-state index in [1.54, 1.807) is 0 Å². The summed E-state index contributed by atoms with van der Waals surface area (Å²) in [6, 6.07) is 0. The maximum Gasteiger partial charge on any atom is 3.00 e. The summed E-state index contributed by atoms with van der Waals surface area (Å²) in [5.41, 5.74) is 0. The second-order valence-corrected chi connectivity index (χ2v) is 0. The molecule has 3 nitrogen and oxygen atoms in total. The van der Waals surface area contributed by atoms with E-state index in [0.717, 1.165) is 0 Å². The molecule has 0 N–H and O–H groups in total. The molecular formula is BiLiMnO3. The van der Waals surface area contributed by atoms with Crippen LogP contribution in [0.2, 0.25) is 0 Å². The van der Waals surface area contributed by atoms with Crippen LogP contribution in [-0.2, 0) is 33.5 Å². The summed E-state index contributed by atoms with van der Waals surface area (Å²) >= 11 is 0. The summed E-state index contributed by atoms with van der Waals surface area (Å²) in [6.07, 6.45) is 0. The minimum Gasteiger partial charge on any atom is -2.00 e. The van der Waals surface area contributed by atoms with Crippen LogP contribution in [0.1, 0.15) is 0 Å². The van der Waals surface area contributed by atoms with Crippen molar-refractivity contribution in [1.29, 1.82) is 0 Å². The van der Waals surface area contributed by atoms with Gasteiger partial charge < -0.3 is 16.4 Å². The Labute approximate surface area is 78.0 Å². The van der Waals surface area contributed by atoms with E-state index < -0.39 is 0 Å². The first-order valence-corrected chi connectivity index (χ1v) is 0. The second-order valence-electron chi connectivity index (χ2n) is 0. The van der Waals surface area contributed by atoms with E-state index in [-0.39, 0.29) is 78.6 Å². The van der Waals surface area contributed by atoms with Crippen LogP contribution in [0.15, 0.2) is 0 Å².